The zero-order valence-corrected chi connectivity index (χ0v) is 21.6. The molecular formula is C24H23Cl2F3N4O3S. The molecule has 1 amide bonds. The van der Waals surface area contributed by atoms with E-state index in [9.17, 15) is 26.4 Å². The lowest BCUT2D eigenvalue weighted by Crippen LogP contribution is -2.33. The number of rotatable bonds is 10. The molecule has 198 valence electrons. The SMILES string of the molecule is NCCCS(=O)(=O)N(Cc1cccc(Cl)c1Cl)c1ccc(C(=O)NCc2ccc(C(F)(F)F)nc2)cc1. The van der Waals surface area contributed by atoms with E-state index in [2.05, 4.69) is 10.3 Å². The third kappa shape index (κ3) is 7.57. The number of carbonyl (C=O) groups is 1. The number of benzene rings is 2. The van der Waals surface area contributed by atoms with Gasteiger partial charge in [0.25, 0.3) is 5.91 Å². The summed E-state index contributed by atoms with van der Waals surface area (Å²) in [6.45, 7) is 0.0654. The third-order valence-electron chi connectivity index (χ3n) is 5.27. The molecule has 0 atom stereocenters. The van der Waals surface area contributed by atoms with E-state index in [4.69, 9.17) is 28.9 Å². The van der Waals surface area contributed by atoms with Crippen LogP contribution in [-0.2, 0) is 29.3 Å². The summed E-state index contributed by atoms with van der Waals surface area (Å²) in [5.74, 6) is -0.688. The molecule has 0 aliphatic rings. The first-order chi connectivity index (χ1) is 17.4. The fourth-order valence-corrected chi connectivity index (χ4v) is 5.22. The molecule has 7 nitrogen and oxygen atoms in total. The predicted molar refractivity (Wildman–Crippen MR) is 137 cm³/mol. The number of anilines is 1. The summed E-state index contributed by atoms with van der Waals surface area (Å²) in [7, 11) is -3.79. The van der Waals surface area contributed by atoms with E-state index in [1.165, 1.54) is 34.6 Å². The lowest BCUT2D eigenvalue weighted by molar-refractivity contribution is -0.141. The monoisotopic (exact) mass is 574 g/mol. The number of sulfonamides is 1. The number of nitrogens with two attached hydrogens (primary N) is 1. The molecule has 0 unspecified atom stereocenters. The van der Waals surface area contributed by atoms with Gasteiger partial charge in [0.15, 0.2) is 0 Å². The van der Waals surface area contributed by atoms with E-state index < -0.39 is 27.8 Å². The third-order valence-corrected chi connectivity index (χ3v) is 7.95. The Morgan fingerprint density at radius 2 is 1.76 bits per heavy atom. The number of hydrogen-bond acceptors (Lipinski definition) is 5. The van der Waals surface area contributed by atoms with Gasteiger partial charge in [-0.2, -0.15) is 13.2 Å². The van der Waals surface area contributed by atoms with Gasteiger partial charge in [0, 0.05) is 18.3 Å². The number of hydrogen-bond donors (Lipinski definition) is 2. The molecule has 37 heavy (non-hydrogen) atoms. The van der Waals surface area contributed by atoms with Crippen molar-refractivity contribution in [2.75, 3.05) is 16.6 Å². The van der Waals surface area contributed by atoms with Crippen molar-refractivity contribution in [1.29, 1.82) is 0 Å². The summed E-state index contributed by atoms with van der Waals surface area (Å²) in [6.07, 6.45) is -3.26. The van der Waals surface area contributed by atoms with E-state index in [-0.39, 0.29) is 47.4 Å². The molecule has 13 heteroatoms. The van der Waals surface area contributed by atoms with Gasteiger partial charge in [-0.1, -0.05) is 41.4 Å². The van der Waals surface area contributed by atoms with Crippen LogP contribution in [-0.4, -0.2) is 31.6 Å². The second-order valence-electron chi connectivity index (χ2n) is 7.96. The highest BCUT2D eigenvalue weighted by molar-refractivity contribution is 7.92. The van der Waals surface area contributed by atoms with Crippen molar-refractivity contribution in [3.63, 3.8) is 0 Å². The van der Waals surface area contributed by atoms with Crippen LogP contribution in [0, 0.1) is 0 Å². The van der Waals surface area contributed by atoms with E-state index in [1.807, 2.05) is 0 Å². The van der Waals surface area contributed by atoms with Crippen LogP contribution in [0.1, 0.15) is 33.6 Å². The van der Waals surface area contributed by atoms with E-state index in [1.54, 1.807) is 18.2 Å². The Balaban J connectivity index is 1.77. The Bertz CT molecular complexity index is 1340. The van der Waals surface area contributed by atoms with Gasteiger partial charge in [0.2, 0.25) is 10.0 Å². The summed E-state index contributed by atoms with van der Waals surface area (Å²) < 4.78 is 65.3. The van der Waals surface area contributed by atoms with Crippen LogP contribution in [0.5, 0.6) is 0 Å². The fraction of sp³-hybridized carbons (Fsp3) is 0.250. The number of amides is 1. The standard InChI is InChI=1S/C24H23Cl2F3N4O3S/c25-20-4-1-3-18(22(20)26)15-33(37(35,36)12-2-11-30)19-8-6-17(7-9-19)23(34)32-14-16-5-10-21(31-13-16)24(27,28)29/h1,3-10,13H,2,11-12,14-15,30H2,(H,32,34). The molecule has 1 heterocycles. The molecule has 3 N–H and O–H groups in total. The molecule has 1 aromatic heterocycles. The quantitative estimate of drug-likeness (QED) is 0.353. The number of halogens is 5. The minimum Gasteiger partial charge on any atom is -0.348 e. The Morgan fingerprint density at radius 3 is 2.35 bits per heavy atom. The zero-order chi connectivity index (χ0) is 27.2. The largest absolute Gasteiger partial charge is 0.433 e. The van der Waals surface area contributed by atoms with E-state index >= 15 is 0 Å². The molecule has 0 aliphatic carbocycles. The topological polar surface area (TPSA) is 105 Å². The van der Waals surface area contributed by atoms with Crippen LogP contribution < -0.4 is 15.4 Å². The Hall–Kier alpha value is -2.86. The predicted octanol–water partition coefficient (Wildman–Crippen LogP) is 5.02. The van der Waals surface area contributed by atoms with Gasteiger partial charge in [0.05, 0.1) is 28.0 Å². The van der Waals surface area contributed by atoms with Gasteiger partial charge in [-0.15, -0.1) is 0 Å². The number of aromatic nitrogens is 1. The highest BCUT2D eigenvalue weighted by Gasteiger charge is 2.32. The van der Waals surface area contributed by atoms with Gasteiger partial charge >= 0.3 is 6.18 Å². The lowest BCUT2D eigenvalue weighted by Gasteiger charge is -2.25. The maximum absolute atomic E-state index is 13.1. The van der Waals surface area contributed by atoms with E-state index in [0.29, 0.717) is 16.8 Å². The minimum absolute atomic E-state index is 0.0431. The minimum atomic E-state index is -4.55. The van der Waals surface area contributed by atoms with Crippen LogP contribution in [0.25, 0.3) is 0 Å². The maximum Gasteiger partial charge on any atom is 0.433 e. The molecule has 0 aliphatic heterocycles. The number of nitrogens with zero attached hydrogens (tertiary/aromatic N) is 2. The van der Waals surface area contributed by atoms with Gasteiger partial charge in [-0.05, 0) is 60.5 Å². The highest BCUT2D eigenvalue weighted by atomic mass is 35.5. The first-order valence-corrected chi connectivity index (χ1v) is 13.3. The fourth-order valence-electron chi connectivity index (χ4n) is 3.31. The van der Waals surface area contributed by atoms with Crippen molar-refractivity contribution < 1.29 is 26.4 Å². The molecule has 3 aromatic rings. The van der Waals surface area contributed by atoms with Crippen LogP contribution in [0.3, 0.4) is 0 Å². The summed E-state index contributed by atoms with van der Waals surface area (Å²) in [5, 5.41) is 3.11. The molecule has 3 rings (SSSR count). The van der Waals surface area contributed by atoms with Crippen LogP contribution in [0.15, 0.2) is 60.8 Å². The van der Waals surface area contributed by atoms with Gasteiger partial charge < -0.3 is 11.1 Å². The number of alkyl halides is 3. The van der Waals surface area contributed by atoms with Crippen LogP contribution in [0.4, 0.5) is 18.9 Å². The number of nitrogens with one attached hydrogen (secondary N) is 1. The Kier molecular flexibility index (Phi) is 9.41. The first-order valence-electron chi connectivity index (χ1n) is 11.0. The molecule has 0 saturated heterocycles. The van der Waals surface area contributed by atoms with Crippen molar-refractivity contribution in [3.8, 4) is 0 Å². The maximum atomic E-state index is 13.1. The summed E-state index contributed by atoms with van der Waals surface area (Å²) in [6, 6.07) is 12.8. The summed E-state index contributed by atoms with van der Waals surface area (Å²) in [4.78, 5) is 15.9. The first kappa shape index (κ1) is 28.7. The molecule has 0 bridgehead atoms. The summed E-state index contributed by atoms with van der Waals surface area (Å²) >= 11 is 12.4. The second-order valence-corrected chi connectivity index (χ2v) is 10.8. The molecule has 0 radical (unpaired) electrons. The Morgan fingerprint density at radius 1 is 1.05 bits per heavy atom. The van der Waals surface area contributed by atoms with Gasteiger partial charge in [-0.3, -0.25) is 14.1 Å². The average Bonchev–Trinajstić information content (AvgIpc) is 2.86. The van der Waals surface area contributed by atoms with Gasteiger partial charge in [-0.25, -0.2) is 8.42 Å². The summed E-state index contributed by atoms with van der Waals surface area (Å²) in [5.41, 5.74) is 5.89. The Labute approximate surface area is 222 Å². The van der Waals surface area contributed by atoms with Gasteiger partial charge in [0.1, 0.15) is 5.69 Å². The average molecular weight is 575 g/mol. The molecular weight excluding hydrogens is 552 g/mol. The van der Waals surface area contributed by atoms with Crippen molar-refractivity contribution in [3.05, 3.63) is 93.2 Å². The molecule has 0 saturated carbocycles. The number of pyridine rings is 1. The molecule has 0 spiro atoms. The smallest absolute Gasteiger partial charge is 0.348 e. The van der Waals surface area contributed by atoms with Crippen LogP contribution in [0.2, 0.25) is 10.0 Å². The van der Waals surface area contributed by atoms with E-state index in [0.717, 1.165) is 12.3 Å². The normalized spacial score (nSPS) is 11.8. The highest BCUT2D eigenvalue weighted by Crippen LogP contribution is 2.30. The number of carbonyl (C=O) groups excluding carboxylic acids is 1. The van der Waals surface area contributed by atoms with Crippen molar-refractivity contribution in [1.82, 2.24) is 10.3 Å². The molecule has 2 aromatic carbocycles. The second kappa shape index (κ2) is 12.1. The van der Waals surface area contributed by atoms with Crippen LogP contribution >= 0.6 is 23.2 Å². The van der Waals surface area contributed by atoms with Crippen molar-refractivity contribution >= 4 is 44.8 Å². The lowest BCUT2D eigenvalue weighted by atomic mass is 10.1. The zero-order valence-electron chi connectivity index (χ0n) is 19.3. The molecule has 0 fully saturated rings. The van der Waals surface area contributed by atoms with Crippen molar-refractivity contribution in [2.24, 2.45) is 5.73 Å². The van der Waals surface area contributed by atoms with Crippen molar-refractivity contribution in [2.45, 2.75) is 25.7 Å².